The van der Waals surface area contributed by atoms with Crippen molar-refractivity contribution in [3.05, 3.63) is 54.1 Å². The van der Waals surface area contributed by atoms with Gasteiger partial charge in [-0.2, -0.15) is 0 Å². The molecule has 0 saturated heterocycles. The smallest absolute Gasteiger partial charge is 0.408 e. The molecule has 11 nitrogen and oxygen atoms in total. The Labute approximate surface area is 254 Å². The van der Waals surface area contributed by atoms with Crippen molar-refractivity contribution < 1.29 is 33.8 Å². The number of benzene rings is 2. The molecule has 236 valence electrons. The molecule has 43 heavy (non-hydrogen) atoms. The number of phenols is 1. The largest absolute Gasteiger partial charge is 0.508 e. The second-order valence-corrected chi connectivity index (χ2v) is 11.4. The van der Waals surface area contributed by atoms with Gasteiger partial charge in [0.1, 0.15) is 29.2 Å². The van der Waals surface area contributed by atoms with Gasteiger partial charge in [-0.05, 0) is 75.6 Å². The fourth-order valence-corrected chi connectivity index (χ4v) is 4.46. The number of aromatic hydroxyl groups is 1. The van der Waals surface area contributed by atoms with Crippen LogP contribution in [-0.4, -0.2) is 59.1 Å². The lowest BCUT2D eigenvalue weighted by Crippen LogP contribution is -2.52. The molecule has 0 aliphatic carbocycles. The Kier molecular flexibility index (Phi) is 13.8. The third-order valence-corrected chi connectivity index (χ3v) is 6.58. The molecule has 2 unspecified atom stereocenters. The fraction of sp³-hybridized carbons (Fsp3) is 0.500. The number of unbranched alkanes of at least 4 members (excludes halogenated alkanes) is 4. The predicted molar refractivity (Wildman–Crippen MR) is 165 cm³/mol. The second-order valence-electron chi connectivity index (χ2n) is 11.4. The predicted octanol–water partition coefficient (Wildman–Crippen LogP) is 5.04. The maximum absolute atomic E-state index is 14.3. The minimum absolute atomic E-state index is 0.00133. The molecule has 2 rings (SSSR count). The average Bonchev–Trinajstić information content (AvgIpc) is 2.94. The minimum atomic E-state index is -1.19. The Bertz CT molecular complexity index is 1190. The summed E-state index contributed by atoms with van der Waals surface area (Å²) in [6.45, 7) is 7.39. The third-order valence-electron chi connectivity index (χ3n) is 6.58. The van der Waals surface area contributed by atoms with Crippen molar-refractivity contribution in [3.63, 3.8) is 0 Å². The molecule has 0 fully saturated rings. The number of rotatable bonds is 16. The molecule has 0 aliphatic heterocycles. The van der Waals surface area contributed by atoms with Crippen molar-refractivity contribution >= 4 is 29.5 Å². The summed E-state index contributed by atoms with van der Waals surface area (Å²) in [6, 6.07) is 10.5. The second kappa shape index (κ2) is 17.0. The molecule has 0 aliphatic rings. The number of anilines is 1. The van der Waals surface area contributed by atoms with E-state index >= 15 is 0 Å². The number of hydrogen-bond donors (Lipinski definition) is 4. The quantitative estimate of drug-likeness (QED) is 0.197. The van der Waals surface area contributed by atoms with Crippen molar-refractivity contribution in [2.24, 2.45) is 5.73 Å². The van der Waals surface area contributed by atoms with Gasteiger partial charge < -0.3 is 35.8 Å². The Hall–Kier alpha value is -4.28. The lowest BCUT2D eigenvalue weighted by molar-refractivity contribution is -0.141. The van der Waals surface area contributed by atoms with Crippen LogP contribution in [0.25, 0.3) is 0 Å². The van der Waals surface area contributed by atoms with Crippen LogP contribution in [0.3, 0.4) is 0 Å². The van der Waals surface area contributed by atoms with Crippen molar-refractivity contribution in [3.8, 4) is 11.5 Å². The van der Waals surface area contributed by atoms with Gasteiger partial charge in [0.2, 0.25) is 11.8 Å². The van der Waals surface area contributed by atoms with Crippen LogP contribution in [0.15, 0.2) is 48.5 Å². The maximum atomic E-state index is 14.3. The van der Waals surface area contributed by atoms with Gasteiger partial charge in [0, 0.05) is 18.7 Å². The molecule has 11 heteroatoms. The summed E-state index contributed by atoms with van der Waals surface area (Å²) in [7, 11) is 1.54. The molecular weight excluding hydrogens is 552 g/mol. The highest BCUT2D eigenvalue weighted by Crippen LogP contribution is 2.28. The number of phenolic OH excluding ortho intramolecular Hbond substituents is 1. The van der Waals surface area contributed by atoms with E-state index in [0.29, 0.717) is 23.4 Å². The Morgan fingerprint density at radius 2 is 1.58 bits per heavy atom. The van der Waals surface area contributed by atoms with Gasteiger partial charge >= 0.3 is 6.09 Å². The molecule has 0 spiro atoms. The molecule has 2 aromatic rings. The SMILES string of the molecule is CCCCCCCN(C(=O)C(CCC(N)=O)NC(=O)OC(C)(C)C)C(C(=O)Nc1ccc(OC)cc1)c1ccc(O)cc1. The number of alkyl carbamates (subject to hydrolysis) is 1. The van der Waals surface area contributed by atoms with E-state index in [1.54, 1.807) is 64.3 Å². The summed E-state index contributed by atoms with van der Waals surface area (Å²) in [5.74, 6) is -1.08. The zero-order valence-electron chi connectivity index (χ0n) is 25.9. The average molecular weight is 599 g/mol. The first-order valence-corrected chi connectivity index (χ1v) is 14.7. The Morgan fingerprint density at radius 3 is 2.14 bits per heavy atom. The van der Waals surface area contributed by atoms with Crippen molar-refractivity contribution in [1.82, 2.24) is 10.2 Å². The summed E-state index contributed by atoms with van der Waals surface area (Å²) >= 11 is 0. The summed E-state index contributed by atoms with van der Waals surface area (Å²) in [5.41, 5.74) is 5.51. The Morgan fingerprint density at radius 1 is 0.953 bits per heavy atom. The molecule has 0 saturated carbocycles. The van der Waals surface area contributed by atoms with E-state index in [1.807, 2.05) is 0 Å². The van der Waals surface area contributed by atoms with Crippen LogP contribution < -0.4 is 21.1 Å². The molecule has 0 radical (unpaired) electrons. The van der Waals surface area contributed by atoms with E-state index in [4.69, 9.17) is 15.2 Å². The number of methoxy groups -OCH3 is 1. The molecule has 4 amide bonds. The van der Waals surface area contributed by atoms with E-state index < -0.39 is 41.5 Å². The van der Waals surface area contributed by atoms with Gasteiger partial charge in [0.15, 0.2) is 0 Å². The number of carbonyl (C=O) groups is 4. The molecule has 2 atom stereocenters. The van der Waals surface area contributed by atoms with Gasteiger partial charge in [-0.1, -0.05) is 44.7 Å². The van der Waals surface area contributed by atoms with Gasteiger partial charge in [-0.15, -0.1) is 0 Å². The number of hydrogen-bond acceptors (Lipinski definition) is 7. The highest BCUT2D eigenvalue weighted by Gasteiger charge is 2.36. The molecule has 0 aromatic heterocycles. The van der Waals surface area contributed by atoms with Crippen LogP contribution in [0.4, 0.5) is 10.5 Å². The van der Waals surface area contributed by atoms with Crippen molar-refractivity contribution in [2.75, 3.05) is 19.0 Å². The fourth-order valence-electron chi connectivity index (χ4n) is 4.46. The summed E-state index contributed by atoms with van der Waals surface area (Å²) in [4.78, 5) is 54.0. The van der Waals surface area contributed by atoms with Crippen molar-refractivity contribution in [1.29, 1.82) is 0 Å². The minimum Gasteiger partial charge on any atom is -0.508 e. The maximum Gasteiger partial charge on any atom is 0.408 e. The topological polar surface area (TPSA) is 160 Å². The van der Waals surface area contributed by atoms with Crippen LogP contribution in [0.2, 0.25) is 0 Å². The summed E-state index contributed by atoms with van der Waals surface area (Å²) in [5, 5.41) is 15.4. The van der Waals surface area contributed by atoms with E-state index in [9.17, 15) is 24.3 Å². The number of carbonyl (C=O) groups excluding carboxylic acids is 4. The number of amides is 4. The molecule has 5 N–H and O–H groups in total. The zero-order valence-corrected chi connectivity index (χ0v) is 25.9. The first kappa shape index (κ1) is 34.9. The zero-order chi connectivity index (χ0) is 32.0. The summed E-state index contributed by atoms with van der Waals surface area (Å²) < 4.78 is 10.6. The van der Waals surface area contributed by atoms with Crippen LogP contribution >= 0.6 is 0 Å². The van der Waals surface area contributed by atoms with Gasteiger partial charge in [-0.25, -0.2) is 4.79 Å². The highest BCUT2D eigenvalue weighted by molar-refractivity contribution is 5.99. The lowest BCUT2D eigenvalue weighted by Gasteiger charge is -2.34. The number of primary amides is 1. The number of nitrogens with one attached hydrogen (secondary N) is 2. The summed E-state index contributed by atoms with van der Waals surface area (Å²) in [6.07, 6.45) is 3.38. The van der Waals surface area contributed by atoms with Gasteiger partial charge in [0.05, 0.1) is 7.11 Å². The van der Waals surface area contributed by atoms with E-state index in [0.717, 1.165) is 25.7 Å². The van der Waals surface area contributed by atoms with Gasteiger partial charge in [0.25, 0.3) is 5.91 Å². The van der Waals surface area contributed by atoms with Gasteiger partial charge in [-0.3, -0.25) is 14.4 Å². The first-order valence-electron chi connectivity index (χ1n) is 14.7. The van der Waals surface area contributed by atoms with Crippen LogP contribution in [0.1, 0.15) is 84.2 Å². The number of ether oxygens (including phenoxy) is 2. The standard InChI is InChI=1S/C32H46N4O7/c1-6-7-8-9-10-21-36(30(40)26(19-20-27(33)38)35-31(41)43-32(2,3)4)28(22-11-15-24(37)16-12-22)29(39)34-23-13-17-25(42-5)18-14-23/h11-18,26,28,37H,6-10,19-21H2,1-5H3,(H2,33,38)(H,34,39)(H,35,41). The van der Waals surface area contributed by atoms with Crippen molar-refractivity contribution in [2.45, 2.75) is 90.3 Å². The molecule has 0 bridgehead atoms. The van der Waals surface area contributed by atoms with Crippen LogP contribution in [0, 0.1) is 0 Å². The molecule has 2 aromatic carbocycles. The van der Waals surface area contributed by atoms with Crippen LogP contribution in [0.5, 0.6) is 11.5 Å². The Balaban J connectivity index is 2.52. The molecule has 0 heterocycles. The number of nitrogens with two attached hydrogens (primary N) is 1. The van der Waals surface area contributed by atoms with E-state index in [1.165, 1.54) is 17.0 Å². The first-order chi connectivity index (χ1) is 20.3. The lowest BCUT2D eigenvalue weighted by atomic mass is 10.0. The van der Waals surface area contributed by atoms with E-state index in [2.05, 4.69) is 17.6 Å². The van der Waals surface area contributed by atoms with Crippen LogP contribution in [-0.2, 0) is 19.1 Å². The monoisotopic (exact) mass is 598 g/mol. The third kappa shape index (κ3) is 12.2. The van der Waals surface area contributed by atoms with E-state index in [-0.39, 0.29) is 25.1 Å². The highest BCUT2D eigenvalue weighted by atomic mass is 16.6. The molecular formula is C32H46N4O7. The number of nitrogens with zero attached hydrogens (tertiary/aromatic N) is 1. The normalized spacial score (nSPS) is 12.5.